The zero-order valence-corrected chi connectivity index (χ0v) is 11.7. The van der Waals surface area contributed by atoms with Crippen molar-refractivity contribution in [3.05, 3.63) is 36.0 Å². The Morgan fingerprint density at radius 1 is 1.45 bits per heavy atom. The fourth-order valence-electron chi connectivity index (χ4n) is 3.00. The highest BCUT2D eigenvalue weighted by molar-refractivity contribution is 6.10. The topological polar surface area (TPSA) is 56.3 Å². The summed E-state index contributed by atoms with van der Waals surface area (Å²) in [7, 11) is 0. The number of β-amino-alcohol motifs (C(OH)–C–C–N with tert-alkyl or cyclic N) is 1. The highest BCUT2D eigenvalue weighted by Crippen LogP contribution is 2.22. The van der Waals surface area contributed by atoms with Crippen LogP contribution in [0.25, 0.3) is 10.9 Å². The van der Waals surface area contributed by atoms with Crippen molar-refractivity contribution in [2.75, 3.05) is 13.1 Å². The first-order chi connectivity index (χ1) is 9.66. The standard InChI is InChI=1S/C16H20N2O2/c1-11(18-8-4-5-12(19)10-18)16(20)14-9-17-15-7-3-2-6-13(14)15/h2-3,6-7,9,11-12,17,19H,4-5,8,10H2,1H3. The lowest BCUT2D eigenvalue weighted by Crippen LogP contribution is -2.46. The van der Waals surface area contributed by atoms with Gasteiger partial charge >= 0.3 is 0 Å². The summed E-state index contributed by atoms with van der Waals surface area (Å²) in [6, 6.07) is 7.65. The van der Waals surface area contributed by atoms with Crippen LogP contribution in [0.1, 0.15) is 30.1 Å². The van der Waals surface area contributed by atoms with Gasteiger partial charge in [0, 0.05) is 29.2 Å². The molecule has 1 fully saturated rings. The number of piperidine rings is 1. The van der Waals surface area contributed by atoms with Crippen molar-refractivity contribution >= 4 is 16.7 Å². The zero-order valence-electron chi connectivity index (χ0n) is 11.7. The van der Waals surface area contributed by atoms with Crippen LogP contribution >= 0.6 is 0 Å². The van der Waals surface area contributed by atoms with E-state index in [1.54, 1.807) is 6.20 Å². The number of carbonyl (C=O) groups is 1. The molecule has 1 aromatic carbocycles. The lowest BCUT2D eigenvalue weighted by Gasteiger charge is -2.33. The van der Waals surface area contributed by atoms with E-state index >= 15 is 0 Å². The molecule has 4 nitrogen and oxygen atoms in total. The number of hydrogen-bond donors (Lipinski definition) is 2. The number of benzene rings is 1. The number of likely N-dealkylation sites (tertiary alicyclic amines) is 1. The second-order valence-corrected chi connectivity index (χ2v) is 5.58. The molecule has 1 aromatic heterocycles. The van der Waals surface area contributed by atoms with Gasteiger partial charge in [-0.25, -0.2) is 0 Å². The number of nitrogens with one attached hydrogen (secondary N) is 1. The van der Waals surface area contributed by atoms with Crippen molar-refractivity contribution in [3.8, 4) is 0 Å². The fourth-order valence-corrected chi connectivity index (χ4v) is 3.00. The Balaban J connectivity index is 1.84. The molecule has 2 aromatic rings. The Labute approximate surface area is 118 Å². The number of aromatic amines is 1. The Kier molecular flexibility index (Phi) is 3.59. The maximum absolute atomic E-state index is 12.7. The summed E-state index contributed by atoms with van der Waals surface area (Å²) in [5.41, 5.74) is 1.73. The molecule has 1 aliphatic heterocycles. The van der Waals surface area contributed by atoms with Crippen molar-refractivity contribution in [1.29, 1.82) is 0 Å². The summed E-state index contributed by atoms with van der Waals surface area (Å²) < 4.78 is 0. The Bertz CT molecular complexity index is 620. The Hall–Kier alpha value is -1.65. The molecule has 0 radical (unpaired) electrons. The Morgan fingerprint density at radius 3 is 3.05 bits per heavy atom. The highest BCUT2D eigenvalue weighted by Gasteiger charge is 2.28. The lowest BCUT2D eigenvalue weighted by atomic mass is 10.00. The number of para-hydroxylation sites is 1. The van der Waals surface area contributed by atoms with Gasteiger partial charge in [-0.15, -0.1) is 0 Å². The van der Waals surface area contributed by atoms with Crippen LogP contribution in [0, 0.1) is 0 Å². The maximum atomic E-state index is 12.7. The molecule has 0 aliphatic carbocycles. The summed E-state index contributed by atoms with van der Waals surface area (Å²) in [6.07, 6.45) is 3.28. The van der Waals surface area contributed by atoms with Crippen LogP contribution in [0.5, 0.6) is 0 Å². The van der Waals surface area contributed by atoms with Crippen molar-refractivity contribution in [2.24, 2.45) is 0 Å². The third-order valence-electron chi connectivity index (χ3n) is 4.21. The number of hydrogen-bond acceptors (Lipinski definition) is 3. The number of H-pyrrole nitrogens is 1. The van der Waals surface area contributed by atoms with E-state index < -0.39 is 0 Å². The highest BCUT2D eigenvalue weighted by atomic mass is 16.3. The molecule has 1 aliphatic rings. The van der Waals surface area contributed by atoms with Crippen molar-refractivity contribution in [2.45, 2.75) is 31.9 Å². The van der Waals surface area contributed by atoms with Crippen LogP contribution in [0.15, 0.2) is 30.5 Å². The van der Waals surface area contributed by atoms with Crippen LogP contribution < -0.4 is 0 Å². The van der Waals surface area contributed by atoms with E-state index in [9.17, 15) is 9.90 Å². The van der Waals surface area contributed by atoms with Crippen molar-refractivity contribution in [1.82, 2.24) is 9.88 Å². The third kappa shape index (κ3) is 2.37. The molecule has 2 unspecified atom stereocenters. The molecule has 0 amide bonds. The number of carbonyl (C=O) groups excluding carboxylic acids is 1. The molecule has 2 N–H and O–H groups in total. The molecule has 106 valence electrons. The number of aliphatic hydroxyl groups excluding tert-OH is 1. The van der Waals surface area contributed by atoms with Gasteiger partial charge in [0.2, 0.25) is 0 Å². The number of nitrogens with zero attached hydrogens (tertiary/aromatic N) is 1. The summed E-state index contributed by atoms with van der Waals surface area (Å²) in [5.74, 6) is 0.122. The van der Waals surface area contributed by atoms with Crippen LogP contribution in [0.2, 0.25) is 0 Å². The molecular formula is C16H20N2O2. The first-order valence-corrected chi connectivity index (χ1v) is 7.19. The number of ketones is 1. The van der Waals surface area contributed by atoms with Gasteiger partial charge in [-0.1, -0.05) is 18.2 Å². The van der Waals surface area contributed by atoms with E-state index in [0.29, 0.717) is 6.54 Å². The molecule has 0 saturated carbocycles. The largest absolute Gasteiger partial charge is 0.392 e. The minimum Gasteiger partial charge on any atom is -0.392 e. The second kappa shape index (κ2) is 5.38. The fraction of sp³-hybridized carbons (Fsp3) is 0.438. The smallest absolute Gasteiger partial charge is 0.181 e. The predicted octanol–water partition coefficient (Wildman–Crippen LogP) is 2.20. The normalized spacial score (nSPS) is 22.0. The van der Waals surface area contributed by atoms with E-state index in [1.807, 2.05) is 31.2 Å². The molecule has 3 rings (SSSR count). The van der Waals surface area contributed by atoms with Crippen molar-refractivity contribution < 1.29 is 9.90 Å². The molecule has 20 heavy (non-hydrogen) atoms. The van der Waals surface area contributed by atoms with Gasteiger partial charge in [-0.2, -0.15) is 0 Å². The van der Waals surface area contributed by atoms with E-state index in [2.05, 4.69) is 9.88 Å². The minimum atomic E-state index is -0.304. The molecule has 4 heteroatoms. The Morgan fingerprint density at radius 2 is 2.25 bits per heavy atom. The summed E-state index contributed by atoms with van der Waals surface area (Å²) in [4.78, 5) is 17.9. The SMILES string of the molecule is CC(C(=O)c1c[nH]c2ccccc12)N1CCCC(O)C1. The summed E-state index contributed by atoms with van der Waals surface area (Å²) >= 11 is 0. The third-order valence-corrected chi connectivity index (χ3v) is 4.21. The zero-order chi connectivity index (χ0) is 14.1. The second-order valence-electron chi connectivity index (χ2n) is 5.58. The van der Waals surface area contributed by atoms with Gasteiger partial charge in [-0.3, -0.25) is 9.69 Å². The minimum absolute atomic E-state index is 0.122. The van der Waals surface area contributed by atoms with Crippen molar-refractivity contribution in [3.63, 3.8) is 0 Å². The number of rotatable bonds is 3. The maximum Gasteiger partial charge on any atom is 0.181 e. The summed E-state index contributed by atoms with van der Waals surface area (Å²) in [6.45, 7) is 3.41. The monoisotopic (exact) mass is 272 g/mol. The molecular weight excluding hydrogens is 252 g/mol. The molecule has 0 spiro atoms. The van der Waals surface area contributed by atoms with Gasteiger partial charge < -0.3 is 10.1 Å². The lowest BCUT2D eigenvalue weighted by molar-refractivity contribution is 0.0455. The first-order valence-electron chi connectivity index (χ1n) is 7.19. The van der Waals surface area contributed by atoms with Crippen LogP contribution in [-0.4, -0.2) is 46.0 Å². The molecule has 1 saturated heterocycles. The van der Waals surface area contributed by atoms with Gasteiger partial charge in [0.25, 0.3) is 0 Å². The number of Topliss-reactive ketones (excluding diaryl/α,β-unsaturated/α-hetero) is 1. The van der Waals surface area contributed by atoms with E-state index in [-0.39, 0.29) is 17.9 Å². The van der Waals surface area contributed by atoms with Gasteiger partial charge in [0.15, 0.2) is 5.78 Å². The van der Waals surface area contributed by atoms with E-state index in [0.717, 1.165) is 35.9 Å². The number of aliphatic hydroxyl groups is 1. The summed E-state index contributed by atoms with van der Waals surface area (Å²) in [5, 5.41) is 10.7. The van der Waals surface area contributed by atoms with E-state index in [1.165, 1.54) is 0 Å². The van der Waals surface area contributed by atoms with Gasteiger partial charge in [0.05, 0.1) is 12.1 Å². The van der Waals surface area contributed by atoms with Crippen LogP contribution in [-0.2, 0) is 0 Å². The van der Waals surface area contributed by atoms with Gasteiger partial charge in [-0.05, 0) is 32.4 Å². The quantitative estimate of drug-likeness (QED) is 0.842. The van der Waals surface area contributed by atoms with Crippen LogP contribution in [0.4, 0.5) is 0 Å². The number of aromatic nitrogens is 1. The average Bonchev–Trinajstić information content (AvgIpc) is 2.89. The molecule has 0 bridgehead atoms. The van der Waals surface area contributed by atoms with E-state index in [4.69, 9.17) is 0 Å². The molecule has 2 heterocycles. The van der Waals surface area contributed by atoms with Crippen LogP contribution in [0.3, 0.4) is 0 Å². The first kappa shape index (κ1) is 13.3. The number of fused-ring (bicyclic) bond motifs is 1. The average molecular weight is 272 g/mol. The predicted molar refractivity (Wildman–Crippen MR) is 78.9 cm³/mol. The molecule has 2 atom stereocenters. The van der Waals surface area contributed by atoms with Gasteiger partial charge in [0.1, 0.15) is 0 Å².